The standard InChI is InChI=1S/C25H23N5O3/c31-24(23(12-17-4-2-1-3-5-17)27-16-21-8-11-28-30-21)29-22-14-19(13-20(15-22)25(32)33)18-6-9-26-10-7-18/h1-11,13-15,23,27H,12,16H2,(H,28,30)(H,29,31)(H,32,33). The van der Waals surface area contributed by atoms with Crippen LogP contribution < -0.4 is 10.6 Å². The Labute approximate surface area is 190 Å². The lowest BCUT2D eigenvalue weighted by Crippen LogP contribution is -2.42. The molecule has 2 heterocycles. The molecule has 0 aliphatic heterocycles. The second-order valence-corrected chi connectivity index (χ2v) is 7.53. The molecule has 2 aromatic heterocycles. The van der Waals surface area contributed by atoms with E-state index in [4.69, 9.17) is 0 Å². The molecular weight excluding hydrogens is 418 g/mol. The van der Waals surface area contributed by atoms with Gasteiger partial charge >= 0.3 is 5.97 Å². The highest BCUT2D eigenvalue weighted by Gasteiger charge is 2.20. The molecule has 0 bridgehead atoms. The number of anilines is 1. The molecule has 0 aliphatic carbocycles. The van der Waals surface area contributed by atoms with Crippen molar-refractivity contribution in [3.8, 4) is 11.1 Å². The number of aromatic nitrogens is 3. The SMILES string of the molecule is O=C(O)c1cc(NC(=O)C(Cc2ccccc2)NCc2ccn[nH]2)cc(-c2ccncc2)c1. The summed E-state index contributed by atoms with van der Waals surface area (Å²) in [5.41, 5.74) is 3.84. The van der Waals surface area contributed by atoms with Crippen molar-refractivity contribution in [2.24, 2.45) is 0 Å². The monoisotopic (exact) mass is 441 g/mol. The first-order valence-electron chi connectivity index (χ1n) is 10.4. The molecule has 4 aromatic rings. The largest absolute Gasteiger partial charge is 0.478 e. The normalized spacial score (nSPS) is 11.6. The Hall–Kier alpha value is -4.30. The number of amides is 1. The Morgan fingerprint density at radius 2 is 1.73 bits per heavy atom. The molecule has 8 nitrogen and oxygen atoms in total. The third-order valence-electron chi connectivity index (χ3n) is 5.16. The molecule has 0 radical (unpaired) electrons. The number of rotatable bonds is 9. The van der Waals surface area contributed by atoms with Crippen molar-refractivity contribution < 1.29 is 14.7 Å². The number of carbonyl (C=O) groups is 2. The van der Waals surface area contributed by atoms with Gasteiger partial charge in [-0.1, -0.05) is 30.3 Å². The van der Waals surface area contributed by atoms with Crippen LogP contribution in [0.15, 0.2) is 85.3 Å². The molecule has 0 spiro atoms. The van der Waals surface area contributed by atoms with Crippen molar-refractivity contribution in [3.63, 3.8) is 0 Å². The number of aromatic carboxylic acids is 1. The molecule has 8 heteroatoms. The topological polar surface area (TPSA) is 120 Å². The Balaban J connectivity index is 1.58. The lowest BCUT2D eigenvalue weighted by atomic mass is 10.0. The summed E-state index contributed by atoms with van der Waals surface area (Å²) < 4.78 is 0. The zero-order valence-electron chi connectivity index (χ0n) is 17.7. The maximum Gasteiger partial charge on any atom is 0.335 e. The van der Waals surface area contributed by atoms with Gasteiger partial charge in [-0.05, 0) is 59.5 Å². The van der Waals surface area contributed by atoms with Crippen molar-refractivity contribution in [3.05, 3.63) is 102 Å². The Kier molecular flexibility index (Phi) is 6.87. The smallest absolute Gasteiger partial charge is 0.335 e. The van der Waals surface area contributed by atoms with Crippen molar-refractivity contribution >= 4 is 17.6 Å². The van der Waals surface area contributed by atoms with Crippen LogP contribution in [0.5, 0.6) is 0 Å². The number of H-pyrrole nitrogens is 1. The minimum Gasteiger partial charge on any atom is -0.478 e. The molecule has 166 valence electrons. The van der Waals surface area contributed by atoms with Crippen LogP contribution in [0.3, 0.4) is 0 Å². The molecule has 0 saturated carbocycles. The van der Waals surface area contributed by atoms with E-state index in [0.717, 1.165) is 16.8 Å². The molecule has 0 saturated heterocycles. The van der Waals surface area contributed by atoms with E-state index in [1.165, 1.54) is 6.07 Å². The van der Waals surface area contributed by atoms with E-state index in [2.05, 4.69) is 25.8 Å². The van der Waals surface area contributed by atoms with Crippen LogP contribution in [0.2, 0.25) is 0 Å². The number of pyridine rings is 1. The number of benzene rings is 2. The average Bonchev–Trinajstić information content (AvgIpc) is 3.36. The summed E-state index contributed by atoms with van der Waals surface area (Å²) in [6, 6.07) is 19.4. The first-order chi connectivity index (χ1) is 16.1. The molecule has 33 heavy (non-hydrogen) atoms. The summed E-state index contributed by atoms with van der Waals surface area (Å²) in [5, 5.41) is 22.5. The van der Waals surface area contributed by atoms with Crippen molar-refractivity contribution in [2.45, 2.75) is 19.0 Å². The summed E-state index contributed by atoms with van der Waals surface area (Å²) in [6.07, 6.45) is 5.39. The van der Waals surface area contributed by atoms with E-state index in [-0.39, 0.29) is 11.5 Å². The molecule has 1 unspecified atom stereocenters. The fourth-order valence-corrected chi connectivity index (χ4v) is 3.49. The van der Waals surface area contributed by atoms with Gasteiger partial charge in [-0.3, -0.25) is 20.2 Å². The number of hydrogen-bond donors (Lipinski definition) is 4. The van der Waals surface area contributed by atoms with E-state index in [1.54, 1.807) is 42.9 Å². The molecule has 0 aliphatic rings. The van der Waals surface area contributed by atoms with Gasteiger partial charge in [0.1, 0.15) is 0 Å². The van der Waals surface area contributed by atoms with Gasteiger partial charge in [-0.15, -0.1) is 0 Å². The first kappa shape index (κ1) is 21.9. The number of nitrogens with one attached hydrogen (secondary N) is 3. The predicted octanol–water partition coefficient (Wildman–Crippen LogP) is 3.51. The second kappa shape index (κ2) is 10.3. The van der Waals surface area contributed by atoms with Gasteiger partial charge in [-0.25, -0.2) is 4.79 Å². The van der Waals surface area contributed by atoms with Crippen LogP contribution in [0, 0.1) is 0 Å². The minimum absolute atomic E-state index is 0.0876. The third-order valence-corrected chi connectivity index (χ3v) is 5.16. The highest BCUT2D eigenvalue weighted by molar-refractivity contribution is 5.98. The fourth-order valence-electron chi connectivity index (χ4n) is 3.49. The molecule has 1 amide bonds. The number of carboxylic acid groups (broad SMARTS) is 1. The van der Waals surface area contributed by atoms with Crippen LogP contribution in [-0.4, -0.2) is 38.2 Å². The number of hydrogen-bond acceptors (Lipinski definition) is 5. The summed E-state index contributed by atoms with van der Waals surface area (Å²) >= 11 is 0. The molecule has 0 fully saturated rings. The molecule has 4 rings (SSSR count). The Morgan fingerprint density at radius 3 is 2.42 bits per heavy atom. The van der Waals surface area contributed by atoms with Crippen LogP contribution in [0.4, 0.5) is 5.69 Å². The molecule has 2 aromatic carbocycles. The van der Waals surface area contributed by atoms with Crippen LogP contribution in [0.25, 0.3) is 11.1 Å². The highest BCUT2D eigenvalue weighted by Crippen LogP contribution is 2.25. The van der Waals surface area contributed by atoms with Crippen molar-refractivity contribution in [2.75, 3.05) is 5.32 Å². The van der Waals surface area contributed by atoms with E-state index < -0.39 is 12.0 Å². The number of carbonyl (C=O) groups excluding carboxylic acids is 1. The van der Waals surface area contributed by atoms with Crippen molar-refractivity contribution in [1.82, 2.24) is 20.5 Å². The van der Waals surface area contributed by atoms with Gasteiger partial charge < -0.3 is 10.4 Å². The maximum atomic E-state index is 13.2. The van der Waals surface area contributed by atoms with E-state index in [1.807, 2.05) is 36.4 Å². The molecule has 4 N–H and O–H groups in total. The molecular formula is C25H23N5O3. The lowest BCUT2D eigenvalue weighted by Gasteiger charge is -2.19. The fraction of sp³-hybridized carbons (Fsp3) is 0.120. The van der Waals surface area contributed by atoms with E-state index in [0.29, 0.717) is 24.2 Å². The predicted molar refractivity (Wildman–Crippen MR) is 125 cm³/mol. The highest BCUT2D eigenvalue weighted by atomic mass is 16.4. The lowest BCUT2D eigenvalue weighted by molar-refractivity contribution is -0.118. The Morgan fingerprint density at radius 1 is 0.939 bits per heavy atom. The van der Waals surface area contributed by atoms with Gasteiger partial charge in [0.2, 0.25) is 5.91 Å². The van der Waals surface area contributed by atoms with Gasteiger partial charge in [0.15, 0.2) is 0 Å². The zero-order chi connectivity index (χ0) is 23.0. The summed E-state index contributed by atoms with van der Waals surface area (Å²) in [6.45, 7) is 0.433. The van der Waals surface area contributed by atoms with Gasteiger partial charge in [0, 0.05) is 36.5 Å². The number of nitrogens with zero attached hydrogens (tertiary/aromatic N) is 2. The molecule has 1 atom stereocenters. The Bertz CT molecular complexity index is 1210. The van der Waals surface area contributed by atoms with Crippen LogP contribution in [0.1, 0.15) is 21.6 Å². The summed E-state index contributed by atoms with van der Waals surface area (Å²) in [5.74, 6) is -1.33. The quantitative estimate of drug-likeness (QED) is 0.316. The zero-order valence-corrected chi connectivity index (χ0v) is 17.7. The number of aromatic amines is 1. The van der Waals surface area contributed by atoms with E-state index >= 15 is 0 Å². The third kappa shape index (κ3) is 5.90. The van der Waals surface area contributed by atoms with Crippen LogP contribution in [-0.2, 0) is 17.8 Å². The number of carboxylic acids is 1. The average molecular weight is 441 g/mol. The van der Waals surface area contributed by atoms with Gasteiger partial charge in [0.05, 0.1) is 11.6 Å². The van der Waals surface area contributed by atoms with Crippen LogP contribution >= 0.6 is 0 Å². The van der Waals surface area contributed by atoms with Gasteiger partial charge in [0.25, 0.3) is 0 Å². The summed E-state index contributed by atoms with van der Waals surface area (Å²) in [7, 11) is 0. The van der Waals surface area contributed by atoms with E-state index in [9.17, 15) is 14.7 Å². The second-order valence-electron chi connectivity index (χ2n) is 7.53. The first-order valence-corrected chi connectivity index (χ1v) is 10.4. The maximum absolute atomic E-state index is 13.2. The minimum atomic E-state index is -1.07. The van der Waals surface area contributed by atoms with Gasteiger partial charge in [-0.2, -0.15) is 5.10 Å². The summed E-state index contributed by atoms with van der Waals surface area (Å²) in [4.78, 5) is 28.9. The van der Waals surface area contributed by atoms with Crippen molar-refractivity contribution in [1.29, 1.82) is 0 Å².